The number of hydrogen-bond acceptors (Lipinski definition) is 3. The molecule has 0 saturated carbocycles. The third kappa shape index (κ3) is 2.97. The minimum absolute atomic E-state index is 0.00958. The summed E-state index contributed by atoms with van der Waals surface area (Å²) in [5.74, 6) is -0.635. The van der Waals surface area contributed by atoms with Gasteiger partial charge in [-0.2, -0.15) is 17.1 Å². The van der Waals surface area contributed by atoms with Gasteiger partial charge in [0.2, 0.25) is 5.95 Å². The fourth-order valence-corrected chi connectivity index (χ4v) is 3.56. The zero-order chi connectivity index (χ0) is 13.2. The number of aromatic nitrogens is 1. The zero-order valence-electron chi connectivity index (χ0n) is 10.1. The summed E-state index contributed by atoms with van der Waals surface area (Å²) in [5.41, 5.74) is 0.272. The quantitative estimate of drug-likeness (QED) is 0.853. The van der Waals surface area contributed by atoms with Crippen LogP contribution in [-0.2, 0) is 10.2 Å². The second-order valence-electron chi connectivity index (χ2n) is 4.43. The maximum Gasteiger partial charge on any atom is 0.301 e. The van der Waals surface area contributed by atoms with E-state index in [-0.39, 0.29) is 11.7 Å². The average Bonchev–Trinajstić information content (AvgIpc) is 2.32. The predicted molar refractivity (Wildman–Crippen MR) is 66.8 cm³/mol. The van der Waals surface area contributed by atoms with Gasteiger partial charge in [-0.3, -0.25) is 4.72 Å². The molecule has 1 aliphatic heterocycles. The van der Waals surface area contributed by atoms with Gasteiger partial charge in [0, 0.05) is 12.6 Å². The molecule has 100 valence electrons. The lowest BCUT2D eigenvalue weighted by Crippen LogP contribution is -2.44. The van der Waals surface area contributed by atoms with Gasteiger partial charge in [0.1, 0.15) is 0 Å². The fourth-order valence-electron chi connectivity index (χ4n) is 2.07. The van der Waals surface area contributed by atoms with Gasteiger partial charge < -0.3 is 0 Å². The van der Waals surface area contributed by atoms with Crippen molar-refractivity contribution in [2.24, 2.45) is 0 Å². The van der Waals surface area contributed by atoms with E-state index in [0.717, 1.165) is 25.3 Å². The van der Waals surface area contributed by atoms with E-state index in [1.807, 2.05) is 6.92 Å². The fraction of sp³-hybridized carbons (Fsp3) is 0.545. The lowest BCUT2D eigenvalue weighted by Gasteiger charge is -2.32. The van der Waals surface area contributed by atoms with Crippen molar-refractivity contribution in [2.75, 3.05) is 11.3 Å². The Kier molecular flexibility index (Phi) is 3.82. The van der Waals surface area contributed by atoms with Gasteiger partial charge in [0.15, 0.2) is 0 Å². The third-order valence-electron chi connectivity index (χ3n) is 3.02. The number of anilines is 1. The van der Waals surface area contributed by atoms with Crippen LogP contribution in [0.1, 0.15) is 26.2 Å². The maximum absolute atomic E-state index is 12.6. The minimum Gasteiger partial charge on any atom is -0.269 e. The van der Waals surface area contributed by atoms with E-state index in [9.17, 15) is 12.8 Å². The molecule has 18 heavy (non-hydrogen) atoms. The lowest BCUT2D eigenvalue weighted by atomic mass is 10.1. The van der Waals surface area contributed by atoms with Crippen LogP contribution in [0.2, 0.25) is 0 Å². The van der Waals surface area contributed by atoms with Gasteiger partial charge in [-0.05, 0) is 31.9 Å². The summed E-state index contributed by atoms with van der Waals surface area (Å²) in [6.07, 6.45) is 3.95. The lowest BCUT2D eigenvalue weighted by molar-refractivity contribution is 0.270. The SMILES string of the molecule is CC1CCCCN1S(=O)(=O)Nc1ccc(F)nc1. The number of halogens is 1. The molecule has 0 aliphatic carbocycles. The summed E-state index contributed by atoms with van der Waals surface area (Å²) in [4.78, 5) is 3.42. The van der Waals surface area contributed by atoms with Crippen molar-refractivity contribution in [2.45, 2.75) is 32.2 Å². The van der Waals surface area contributed by atoms with E-state index in [1.165, 1.54) is 16.6 Å². The van der Waals surface area contributed by atoms with Crippen LogP contribution >= 0.6 is 0 Å². The van der Waals surface area contributed by atoms with Gasteiger partial charge in [-0.1, -0.05) is 6.42 Å². The number of pyridine rings is 1. The van der Waals surface area contributed by atoms with Crippen molar-refractivity contribution in [3.05, 3.63) is 24.3 Å². The monoisotopic (exact) mass is 273 g/mol. The molecule has 1 fully saturated rings. The molecule has 2 rings (SSSR count). The van der Waals surface area contributed by atoms with E-state index < -0.39 is 16.2 Å². The van der Waals surface area contributed by atoms with E-state index in [1.54, 1.807) is 0 Å². The van der Waals surface area contributed by atoms with Crippen LogP contribution in [0.25, 0.3) is 0 Å². The molecule has 0 amide bonds. The molecule has 1 N–H and O–H groups in total. The van der Waals surface area contributed by atoms with E-state index in [4.69, 9.17) is 0 Å². The molecule has 2 heterocycles. The molecule has 5 nitrogen and oxygen atoms in total. The highest BCUT2D eigenvalue weighted by atomic mass is 32.2. The van der Waals surface area contributed by atoms with Crippen LogP contribution in [0.4, 0.5) is 10.1 Å². The molecule has 0 spiro atoms. The molecule has 1 aromatic rings. The summed E-state index contributed by atoms with van der Waals surface area (Å²) in [5, 5.41) is 0. The summed E-state index contributed by atoms with van der Waals surface area (Å²) >= 11 is 0. The first-order chi connectivity index (χ1) is 8.49. The molecule has 7 heteroatoms. The number of hydrogen-bond donors (Lipinski definition) is 1. The molecule has 1 atom stereocenters. The van der Waals surface area contributed by atoms with Gasteiger partial charge in [0.05, 0.1) is 11.9 Å². The summed E-state index contributed by atoms with van der Waals surface area (Å²) in [7, 11) is -3.58. The van der Waals surface area contributed by atoms with Crippen LogP contribution in [0.15, 0.2) is 18.3 Å². The highest BCUT2D eigenvalue weighted by molar-refractivity contribution is 7.90. The number of nitrogens with one attached hydrogen (secondary N) is 1. The number of piperidine rings is 1. The van der Waals surface area contributed by atoms with Gasteiger partial charge in [0.25, 0.3) is 0 Å². The van der Waals surface area contributed by atoms with Crippen LogP contribution in [0.5, 0.6) is 0 Å². The molecule has 1 aromatic heterocycles. The standard InChI is InChI=1S/C11H16FN3O2S/c1-9-4-2-3-7-15(9)18(16,17)14-10-5-6-11(12)13-8-10/h5-6,8-9,14H,2-4,7H2,1H3. The Morgan fingerprint density at radius 2 is 2.22 bits per heavy atom. The minimum atomic E-state index is -3.58. The number of rotatable bonds is 3. The summed E-state index contributed by atoms with van der Waals surface area (Å²) in [6, 6.07) is 2.47. The maximum atomic E-state index is 12.6. The second-order valence-corrected chi connectivity index (χ2v) is 6.06. The molecule has 0 radical (unpaired) electrons. The van der Waals surface area contributed by atoms with Crippen molar-refractivity contribution >= 4 is 15.9 Å². The van der Waals surface area contributed by atoms with E-state index in [0.29, 0.717) is 6.54 Å². The van der Waals surface area contributed by atoms with Crippen molar-refractivity contribution < 1.29 is 12.8 Å². The molecular weight excluding hydrogens is 257 g/mol. The van der Waals surface area contributed by atoms with Crippen molar-refractivity contribution in [3.63, 3.8) is 0 Å². The van der Waals surface area contributed by atoms with E-state index in [2.05, 4.69) is 9.71 Å². The van der Waals surface area contributed by atoms with Crippen molar-refractivity contribution in [3.8, 4) is 0 Å². The van der Waals surface area contributed by atoms with Gasteiger partial charge in [-0.25, -0.2) is 4.98 Å². The van der Waals surface area contributed by atoms with Crippen LogP contribution in [0, 0.1) is 5.95 Å². The molecule has 1 unspecified atom stereocenters. The smallest absolute Gasteiger partial charge is 0.269 e. The predicted octanol–water partition coefficient (Wildman–Crippen LogP) is 1.75. The third-order valence-corrected chi connectivity index (χ3v) is 4.68. The topological polar surface area (TPSA) is 62.3 Å². The van der Waals surface area contributed by atoms with Crippen molar-refractivity contribution in [1.82, 2.24) is 9.29 Å². The van der Waals surface area contributed by atoms with Gasteiger partial charge in [-0.15, -0.1) is 0 Å². The zero-order valence-corrected chi connectivity index (χ0v) is 11.0. The Bertz CT molecular complexity index is 504. The Morgan fingerprint density at radius 1 is 1.44 bits per heavy atom. The Balaban J connectivity index is 2.13. The highest BCUT2D eigenvalue weighted by Crippen LogP contribution is 2.21. The van der Waals surface area contributed by atoms with Crippen LogP contribution in [0.3, 0.4) is 0 Å². The first-order valence-electron chi connectivity index (χ1n) is 5.90. The molecular formula is C11H16FN3O2S. The summed E-state index contributed by atoms with van der Waals surface area (Å²) in [6.45, 7) is 2.41. The summed E-state index contributed by atoms with van der Waals surface area (Å²) < 4.78 is 40.8. The largest absolute Gasteiger partial charge is 0.301 e. The highest BCUT2D eigenvalue weighted by Gasteiger charge is 2.29. The second kappa shape index (κ2) is 5.19. The first-order valence-corrected chi connectivity index (χ1v) is 7.34. The molecule has 1 aliphatic rings. The van der Waals surface area contributed by atoms with Crippen LogP contribution < -0.4 is 4.72 Å². The molecule has 1 saturated heterocycles. The first kappa shape index (κ1) is 13.2. The van der Waals surface area contributed by atoms with Crippen LogP contribution in [-0.4, -0.2) is 30.3 Å². The van der Waals surface area contributed by atoms with Crippen molar-refractivity contribution in [1.29, 1.82) is 0 Å². The molecule has 0 bridgehead atoms. The molecule has 0 aromatic carbocycles. The van der Waals surface area contributed by atoms with Gasteiger partial charge >= 0.3 is 10.2 Å². The average molecular weight is 273 g/mol. The number of nitrogens with zero attached hydrogens (tertiary/aromatic N) is 2. The van der Waals surface area contributed by atoms with E-state index >= 15 is 0 Å². The Hall–Kier alpha value is -1.21. The Labute approximate surface area is 106 Å². The Morgan fingerprint density at radius 3 is 2.83 bits per heavy atom. The normalized spacial score (nSPS) is 21.8.